The molecular formula is C52H30O2. The summed E-state index contributed by atoms with van der Waals surface area (Å²) >= 11 is 0. The van der Waals surface area contributed by atoms with E-state index in [1.165, 1.54) is 0 Å². The average molecular weight is 710 g/mol. The van der Waals surface area contributed by atoms with Crippen LogP contribution < -0.4 is 0 Å². The first-order chi connectivity index (χ1) is 36.4. The summed E-state index contributed by atoms with van der Waals surface area (Å²) in [5.74, 6) is 0. The molecular weight excluding hydrogens is 657 g/mol. The third-order valence-electron chi connectivity index (χ3n) is 9.64. The fourth-order valence-corrected chi connectivity index (χ4v) is 7.33. The summed E-state index contributed by atoms with van der Waals surface area (Å²) in [6.07, 6.45) is 0. The van der Waals surface area contributed by atoms with Crippen LogP contribution in [0.1, 0.15) is 31.5 Å². The Bertz CT molecular complexity index is 4760. The second-order valence-corrected chi connectivity index (χ2v) is 12.5. The standard InChI is InChI=1S/C52H30O2/c1-2-12-37-31(10-1)11-9-18-38(37)50-41-15-5-3-13-39(41)49(40-14-4-6-16-42(40)50)36-23-22-32-28-33(20-21-34(32)29-36)35-24-25-44-48(30-35)54-47-27-26-46-51(52(44)47)43-17-7-8-19-45(43)53-46/h1-30H/i3D,4D,5D,6D,7D,8D,13D,14D,15D,16D,17D,19D,20D,21D,22D,23D,24D,25D,26D,27D,28D,29D,30D. The predicted octanol–water partition coefficient (Wildman–Crippen LogP) is 15.1. The van der Waals surface area contributed by atoms with Crippen molar-refractivity contribution in [2.24, 2.45) is 0 Å². The van der Waals surface area contributed by atoms with Crippen LogP contribution in [0.3, 0.4) is 0 Å². The van der Waals surface area contributed by atoms with Crippen molar-refractivity contribution in [3.63, 3.8) is 0 Å². The third-order valence-corrected chi connectivity index (χ3v) is 9.64. The molecule has 0 saturated heterocycles. The number of hydrogen-bond donors (Lipinski definition) is 0. The van der Waals surface area contributed by atoms with E-state index in [1.807, 2.05) is 0 Å². The highest BCUT2D eigenvalue weighted by Crippen LogP contribution is 2.46. The fourth-order valence-electron chi connectivity index (χ4n) is 7.33. The Labute approximate surface area is 342 Å². The van der Waals surface area contributed by atoms with Crippen LogP contribution >= 0.6 is 0 Å². The van der Waals surface area contributed by atoms with E-state index in [9.17, 15) is 17.8 Å². The number of benzene rings is 10. The van der Waals surface area contributed by atoms with Crippen molar-refractivity contribution in [2.45, 2.75) is 0 Å². The predicted molar refractivity (Wildman–Crippen MR) is 227 cm³/mol. The zero-order valence-electron chi connectivity index (χ0n) is 50.4. The molecule has 0 aliphatic carbocycles. The molecule has 2 aromatic heterocycles. The molecule has 2 heteroatoms. The maximum Gasteiger partial charge on any atom is 0.136 e. The molecule has 0 radical (unpaired) electrons. The number of fused-ring (bicyclic) bond motifs is 11. The van der Waals surface area contributed by atoms with E-state index < -0.39 is 194 Å². The van der Waals surface area contributed by atoms with Crippen LogP contribution in [-0.2, 0) is 0 Å². The van der Waals surface area contributed by atoms with Crippen molar-refractivity contribution >= 4 is 87.0 Å². The smallest absolute Gasteiger partial charge is 0.136 e. The van der Waals surface area contributed by atoms with Crippen molar-refractivity contribution < 1.29 is 40.4 Å². The molecule has 250 valence electrons. The minimum Gasteiger partial charge on any atom is -0.456 e. The van der Waals surface area contributed by atoms with Gasteiger partial charge >= 0.3 is 0 Å². The highest BCUT2D eigenvalue weighted by molar-refractivity contribution is 6.26. The summed E-state index contributed by atoms with van der Waals surface area (Å²) in [5, 5.41) is -2.27. The zero-order valence-corrected chi connectivity index (χ0v) is 27.4. The number of hydrogen-bond acceptors (Lipinski definition) is 2. The Morgan fingerprint density at radius 1 is 0.333 bits per heavy atom. The molecule has 10 aromatic carbocycles. The second-order valence-electron chi connectivity index (χ2n) is 12.5. The van der Waals surface area contributed by atoms with Crippen molar-refractivity contribution in [1.82, 2.24) is 0 Å². The Morgan fingerprint density at radius 2 is 0.870 bits per heavy atom. The van der Waals surface area contributed by atoms with Gasteiger partial charge in [0.25, 0.3) is 0 Å². The van der Waals surface area contributed by atoms with E-state index in [0.29, 0.717) is 16.3 Å². The topological polar surface area (TPSA) is 26.3 Å². The normalized spacial score (nSPS) is 18.0. The highest BCUT2D eigenvalue weighted by Gasteiger charge is 2.19. The van der Waals surface area contributed by atoms with Gasteiger partial charge in [-0.3, -0.25) is 0 Å². The summed E-state index contributed by atoms with van der Waals surface area (Å²) in [6.45, 7) is 0. The molecule has 0 saturated carbocycles. The maximum atomic E-state index is 9.85. The molecule has 0 fully saturated rings. The van der Waals surface area contributed by atoms with Crippen molar-refractivity contribution in [1.29, 1.82) is 0 Å². The average Bonchev–Trinajstić information content (AvgIpc) is 4.07. The van der Waals surface area contributed by atoms with Crippen LogP contribution in [-0.4, -0.2) is 0 Å². The van der Waals surface area contributed by atoms with Crippen LogP contribution in [0.5, 0.6) is 0 Å². The molecule has 2 nitrogen and oxygen atoms in total. The van der Waals surface area contributed by atoms with E-state index in [2.05, 4.69) is 0 Å². The molecule has 0 spiro atoms. The highest BCUT2D eigenvalue weighted by atomic mass is 16.3. The maximum absolute atomic E-state index is 9.85. The lowest BCUT2D eigenvalue weighted by Gasteiger charge is -2.19. The van der Waals surface area contributed by atoms with E-state index in [1.54, 1.807) is 42.5 Å². The van der Waals surface area contributed by atoms with Gasteiger partial charge in [-0.2, -0.15) is 0 Å². The summed E-state index contributed by atoms with van der Waals surface area (Å²) in [6, 6.07) is -5.13. The second kappa shape index (κ2) is 11.2. The van der Waals surface area contributed by atoms with E-state index >= 15 is 0 Å². The summed E-state index contributed by atoms with van der Waals surface area (Å²) in [7, 11) is 0. The lowest BCUT2D eigenvalue weighted by atomic mass is 9.84. The van der Waals surface area contributed by atoms with Crippen molar-refractivity contribution in [2.75, 3.05) is 0 Å². The van der Waals surface area contributed by atoms with E-state index in [0.717, 1.165) is 0 Å². The van der Waals surface area contributed by atoms with E-state index in [-0.39, 0.29) is 49.0 Å². The molecule has 54 heavy (non-hydrogen) atoms. The fraction of sp³-hybridized carbons (Fsp3) is 0. The van der Waals surface area contributed by atoms with Crippen LogP contribution in [0, 0.1) is 0 Å². The monoisotopic (exact) mass is 709 g/mol. The van der Waals surface area contributed by atoms with Crippen LogP contribution in [0.25, 0.3) is 120 Å². The van der Waals surface area contributed by atoms with Gasteiger partial charge < -0.3 is 8.83 Å². The summed E-state index contributed by atoms with van der Waals surface area (Å²) in [5.41, 5.74) is -3.87. The molecule has 12 rings (SSSR count). The number of furan rings is 2. The third kappa shape index (κ3) is 4.22. The van der Waals surface area contributed by atoms with Crippen LogP contribution in [0.2, 0.25) is 0 Å². The number of rotatable bonds is 3. The first kappa shape index (κ1) is 15.1. The first-order valence-electron chi connectivity index (χ1n) is 28.1. The lowest BCUT2D eigenvalue weighted by molar-refractivity contribution is 0.663. The summed E-state index contributed by atoms with van der Waals surface area (Å²) in [4.78, 5) is 0. The minimum absolute atomic E-state index is 0.0192. The van der Waals surface area contributed by atoms with Crippen molar-refractivity contribution in [3.8, 4) is 33.4 Å². The van der Waals surface area contributed by atoms with Gasteiger partial charge in [-0.15, -0.1) is 0 Å². The Kier molecular flexibility index (Phi) is 3.12. The Balaban J connectivity index is 1.21. The molecule has 2 heterocycles. The van der Waals surface area contributed by atoms with Gasteiger partial charge in [0.1, 0.15) is 22.3 Å². The SMILES string of the molecule is [2H]c1c([2H])c([2H])c2c(oc3c([2H])c([2H])c4oc5c([2H])c(-c6c([2H])c([2H])c7c([2H])c(-c8c9c([2H])c([2H])c([2H])c([2H])c9c(-c9cccc%10ccccc9%10)c9c([2H])c([2H])c([2H])c([2H])c89)c([2H])c([2H])c7c6[2H])c([2H])c([2H])c5c4c32)c1[2H]. The molecule has 0 N–H and O–H groups in total. The van der Waals surface area contributed by atoms with Gasteiger partial charge in [-0.1, -0.05) is 139 Å². The molecule has 0 unspecified atom stereocenters. The molecule has 0 atom stereocenters. The lowest BCUT2D eigenvalue weighted by Crippen LogP contribution is -1.91. The molecule has 0 aliphatic heterocycles. The minimum atomic E-state index is -0.922. The summed E-state index contributed by atoms with van der Waals surface area (Å²) < 4.78 is 222. The molecule has 0 aliphatic rings. The van der Waals surface area contributed by atoms with Gasteiger partial charge in [-0.25, -0.2) is 0 Å². The zero-order chi connectivity index (χ0) is 55.3. The van der Waals surface area contributed by atoms with Gasteiger partial charge in [0, 0.05) is 21.5 Å². The van der Waals surface area contributed by atoms with Crippen molar-refractivity contribution in [3.05, 3.63) is 181 Å². The van der Waals surface area contributed by atoms with Gasteiger partial charge in [0.15, 0.2) is 0 Å². The molecule has 12 aromatic rings. The van der Waals surface area contributed by atoms with Gasteiger partial charge in [-0.05, 0) is 119 Å². The quantitative estimate of drug-likeness (QED) is 0.171. The largest absolute Gasteiger partial charge is 0.456 e. The molecule has 0 bridgehead atoms. The van der Waals surface area contributed by atoms with Gasteiger partial charge in [0.05, 0.1) is 31.5 Å². The van der Waals surface area contributed by atoms with Gasteiger partial charge in [0.2, 0.25) is 0 Å². The Morgan fingerprint density at radius 3 is 1.61 bits per heavy atom. The molecule has 0 amide bonds. The Hall–Kier alpha value is -7.16. The van der Waals surface area contributed by atoms with Crippen LogP contribution in [0.15, 0.2) is 190 Å². The van der Waals surface area contributed by atoms with Crippen LogP contribution in [0.4, 0.5) is 0 Å². The van der Waals surface area contributed by atoms with E-state index in [4.69, 9.17) is 22.5 Å². The number of para-hydroxylation sites is 1. The first-order valence-corrected chi connectivity index (χ1v) is 16.6.